The first-order valence-electron chi connectivity index (χ1n) is 5.40. The molecule has 0 aliphatic carbocycles. The Morgan fingerprint density at radius 1 is 1.39 bits per heavy atom. The van der Waals surface area contributed by atoms with Crippen LogP contribution in [0.25, 0.3) is 16.7 Å². The van der Waals surface area contributed by atoms with Crippen molar-refractivity contribution in [2.24, 2.45) is 5.73 Å². The lowest BCUT2D eigenvalue weighted by molar-refractivity contribution is 0.578. The molecule has 0 amide bonds. The van der Waals surface area contributed by atoms with Gasteiger partial charge in [-0.2, -0.15) is 0 Å². The number of furan rings is 1. The molecule has 1 heterocycles. The second-order valence-electron chi connectivity index (χ2n) is 3.97. The van der Waals surface area contributed by atoms with Gasteiger partial charge in [0.1, 0.15) is 11.3 Å². The summed E-state index contributed by atoms with van der Waals surface area (Å²) in [5.41, 5.74) is 8.37. The number of hydrogen-bond acceptors (Lipinski definition) is 4. The molecule has 1 aromatic heterocycles. The van der Waals surface area contributed by atoms with Gasteiger partial charge in [-0.25, -0.2) is 0 Å². The van der Waals surface area contributed by atoms with Gasteiger partial charge >= 0.3 is 0 Å². The van der Waals surface area contributed by atoms with Gasteiger partial charge in [0.05, 0.1) is 20.7 Å². The van der Waals surface area contributed by atoms with Crippen LogP contribution in [-0.2, 0) is 10.8 Å². The summed E-state index contributed by atoms with van der Waals surface area (Å²) in [4.78, 5) is 0. The summed E-state index contributed by atoms with van der Waals surface area (Å²) in [6.07, 6.45) is 3.52. The highest BCUT2D eigenvalue weighted by Gasteiger charge is 2.10. The Morgan fingerprint density at radius 2 is 2.11 bits per heavy atom. The van der Waals surface area contributed by atoms with E-state index in [1.54, 1.807) is 6.26 Å². The molecule has 0 bridgehead atoms. The third-order valence-corrected chi connectivity index (χ3v) is 5.15. The normalized spacial score (nSPS) is 14.6. The third-order valence-electron chi connectivity index (χ3n) is 2.62. The Kier molecular flexibility index (Phi) is 3.82. The smallest absolute Gasteiger partial charge is 0.134 e. The largest absolute Gasteiger partial charge is 0.461 e. The van der Waals surface area contributed by atoms with Gasteiger partial charge in [-0.15, -0.1) is 11.8 Å². The molecule has 0 aliphatic heterocycles. The van der Waals surface area contributed by atoms with Crippen LogP contribution in [-0.4, -0.2) is 16.7 Å². The first-order chi connectivity index (χ1) is 8.52. The molecular formula is C13H15NO2S2. The second kappa shape index (κ2) is 5.20. The lowest BCUT2D eigenvalue weighted by Crippen LogP contribution is -2.03. The van der Waals surface area contributed by atoms with Crippen molar-refractivity contribution >= 4 is 39.2 Å². The van der Waals surface area contributed by atoms with Crippen LogP contribution in [0.15, 0.2) is 32.9 Å². The van der Waals surface area contributed by atoms with Crippen molar-refractivity contribution in [3.8, 4) is 0 Å². The predicted octanol–water partition coefficient (Wildman–Crippen LogP) is 3.07. The highest BCUT2D eigenvalue weighted by atomic mass is 32.2. The van der Waals surface area contributed by atoms with Crippen LogP contribution < -0.4 is 5.73 Å². The highest BCUT2D eigenvalue weighted by molar-refractivity contribution is 8.16. The SMILES string of the molecule is CSC(=C(N)c1ccc2oc(C)cc2c1)S(C)=O. The summed E-state index contributed by atoms with van der Waals surface area (Å²) in [6.45, 7) is 1.91. The maximum Gasteiger partial charge on any atom is 0.134 e. The monoisotopic (exact) mass is 281 g/mol. The zero-order chi connectivity index (χ0) is 13.3. The summed E-state index contributed by atoms with van der Waals surface area (Å²) >= 11 is 1.42. The van der Waals surface area contributed by atoms with E-state index >= 15 is 0 Å². The number of fused-ring (bicyclic) bond motifs is 1. The molecule has 0 aliphatic rings. The summed E-state index contributed by atoms with van der Waals surface area (Å²) in [6, 6.07) is 7.71. The lowest BCUT2D eigenvalue weighted by Gasteiger charge is -2.07. The van der Waals surface area contributed by atoms with E-state index in [1.807, 2.05) is 37.4 Å². The summed E-state index contributed by atoms with van der Waals surface area (Å²) < 4.78 is 17.8. The molecule has 0 radical (unpaired) electrons. The molecule has 18 heavy (non-hydrogen) atoms. The van der Waals surface area contributed by atoms with E-state index in [0.717, 1.165) is 22.3 Å². The zero-order valence-corrected chi connectivity index (χ0v) is 12.2. The first kappa shape index (κ1) is 13.2. The van der Waals surface area contributed by atoms with Gasteiger partial charge in [0, 0.05) is 17.2 Å². The molecule has 96 valence electrons. The molecule has 0 fully saturated rings. The quantitative estimate of drug-likeness (QED) is 0.939. The summed E-state index contributed by atoms with van der Waals surface area (Å²) in [5.74, 6) is 0.869. The molecule has 2 N–H and O–H groups in total. The van der Waals surface area contributed by atoms with Crippen LogP contribution in [0.1, 0.15) is 11.3 Å². The molecule has 1 aromatic carbocycles. The van der Waals surface area contributed by atoms with Gasteiger partial charge in [0.15, 0.2) is 0 Å². The molecule has 3 nitrogen and oxygen atoms in total. The number of rotatable bonds is 3. The minimum Gasteiger partial charge on any atom is -0.461 e. The van der Waals surface area contributed by atoms with Crippen LogP contribution in [0.4, 0.5) is 0 Å². The molecule has 2 rings (SSSR count). The third kappa shape index (κ3) is 2.47. The van der Waals surface area contributed by atoms with E-state index in [0.29, 0.717) is 9.93 Å². The van der Waals surface area contributed by atoms with Crippen molar-refractivity contribution in [1.29, 1.82) is 0 Å². The first-order valence-corrected chi connectivity index (χ1v) is 8.19. The van der Waals surface area contributed by atoms with Crippen LogP contribution in [0.2, 0.25) is 0 Å². The van der Waals surface area contributed by atoms with E-state index in [2.05, 4.69) is 0 Å². The molecular weight excluding hydrogens is 266 g/mol. The number of nitrogens with two attached hydrogens (primary N) is 1. The van der Waals surface area contributed by atoms with E-state index in [9.17, 15) is 4.21 Å². The fraction of sp³-hybridized carbons (Fsp3) is 0.231. The van der Waals surface area contributed by atoms with Gasteiger partial charge in [-0.05, 0) is 37.4 Å². The fourth-order valence-corrected chi connectivity index (χ4v) is 3.55. The van der Waals surface area contributed by atoms with Gasteiger partial charge in [0.25, 0.3) is 0 Å². The molecule has 0 spiro atoms. The van der Waals surface area contributed by atoms with Gasteiger partial charge in [-0.3, -0.25) is 4.21 Å². The maximum atomic E-state index is 11.6. The average molecular weight is 281 g/mol. The Morgan fingerprint density at radius 3 is 2.72 bits per heavy atom. The van der Waals surface area contributed by atoms with Crippen molar-refractivity contribution in [2.75, 3.05) is 12.5 Å². The second-order valence-corrected chi connectivity index (χ2v) is 6.36. The minimum atomic E-state index is -1.07. The molecule has 5 heteroatoms. The Balaban J connectivity index is 2.56. The van der Waals surface area contributed by atoms with Crippen LogP contribution in [0.3, 0.4) is 0 Å². The maximum absolute atomic E-state index is 11.6. The number of benzene rings is 1. The summed E-state index contributed by atoms with van der Waals surface area (Å²) in [7, 11) is -1.07. The van der Waals surface area contributed by atoms with Crippen molar-refractivity contribution in [1.82, 2.24) is 0 Å². The van der Waals surface area contributed by atoms with E-state index < -0.39 is 10.8 Å². The lowest BCUT2D eigenvalue weighted by atomic mass is 10.1. The van der Waals surface area contributed by atoms with Gasteiger partial charge in [-0.1, -0.05) is 0 Å². The molecule has 0 saturated heterocycles. The summed E-state index contributed by atoms with van der Waals surface area (Å²) in [5, 5.41) is 1.01. The topological polar surface area (TPSA) is 56.2 Å². The van der Waals surface area contributed by atoms with Crippen molar-refractivity contribution in [3.63, 3.8) is 0 Å². The Bertz CT molecular complexity index is 643. The fourth-order valence-electron chi connectivity index (χ4n) is 1.84. The van der Waals surface area contributed by atoms with Crippen molar-refractivity contribution in [3.05, 3.63) is 39.8 Å². The standard InChI is InChI=1S/C13H15NO2S2/c1-8-6-10-7-9(4-5-11(10)16-8)12(14)13(17-2)18(3)15/h4-7H,14H2,1-3H3. The zero-order valence-electron chi connectivity index (χ0n) is 10.5. The number of thioether (sulfide) groups is 1. The van der Waals surface area contributed by atoms with Gasteiger partial charge in [0.2, 0.25) is 0 Å². The van der Waals surface area contributed by atoms with Crippen LogP contribution in [0, 0.1) is 6.92 Å². The van der Waals surface area contributed by atoms with Crippen molar-refractivity contribution < 1.29 is 8.63 Å². The highest BCUT2D eigenvalue weighted by Crippen LogP contribution is 2.27. The molecule has 1 unspecified atom stereocenters. The Labute approximate surface area is 113 Å². The molecule has 2 aromatic rings. The van der Waals surface area contributed by atoms with Gasteiger partial charge < -0.3 is 10.2 Å². The Hall–Kier alpha value is -1.20. The van der Waals surface area contributed by atoms with E-state index in [1.165, 1.54) is 11.8 Å². The van der Waals surface area contributed by atoms with Crippen LogP contribution in [0.5, 0.6) is 0 Å². The molecule has 0 saturated carbocycles. The van der Waals surface area contributed by atoms with Crippen LogP contribution >= 0.6 is 11.8 Å². The number of aryl methyl sites for hydroxylation is 1. The average Bonchev–Trinajstić information content (AvgIpc) is 2.68. The number of hydrogen-bond donors (Lipinski definition) is 1. The minimum absolute atomic E-state index is 0.573. The van der Waals surface area contributed by atoms with E-state index in [4.69, 9.17) is 10.2 Å². The molecule has 1 atom stereocenters. The predicted molar refractivity (Wildman–Crippen MR) is 79.6 cm³/mol. The van der Waals surface area contributed by atoms with Crippen molar-refractivity contribution in [2.45, 2.75) is 6.92 Å². The van der Waals surface area contributed by atoms with E-state index in [-0.39, 0.29) is 0 Å².